The number of piperazine rings is 1. The van der Waals surface area contributed by atoms with Crippen LogP contribution in [0.15, 0.2) is 21.2 Å². The van der Waals surface area contributed by atoms with Crippen LogP contribution in [0.25, 0.3) is 0 Å². The number of carbonyl (C=O) groups excluding carboxylic acids is 3. The number of furan rings is 1. The highest BCUT2D eigenvalue weighted by molar-refractivity contribution is 9.10. The van der Waals surface area contributed by atoms with E-state index >= 15 is 0 Å². The third-order valence-corrected chi connectivity index (χ3v) is 5.42. The zero-order valence-electron chi connectivity index (χ0n) is 15.3. The Hall–Kier alpha value is -1.87. The quantitative estimate of drug-likeness (QED) is 0.735. The number of piperidine rings is 1. The van der Waals surface area contributed by atoms with Crippen LogP contribution in [0, 0.1) is 0 Å². The number of hydrogen-bond donors (Lipinski definition) is 1. The Kier molecular flexibility index (Phi) is 6.89. The van der Waals surface area contributed by atoms with Gasteiger partial charge in [-0.05, 0) is 47.3 Å². The SMILES string of the molecule is O=C(NCC(=O)N1CCN(CC(=O)N2CCCCC2)CC1)c1ccc(Br)o1. The van der Waals surface area contributed by atoms with E-state index in [0.717, 1.165) is 25.9 Å². The fourth-order valence-electron chi connectivity index (χ4n) is 3.38. The average molecular weight is 441 g/mol. The van der Waals surface area contributed by atoms with Crippen molar-refractivity contribution in [1.82, 2.24) is 20.0 Å². The van der Waals surface area contributed by atoms with Crippen LogP contribution in [0.3, 0.4) is 0 Å². The third-order valence-electron chi connectivity index (χ3n) is 4.99. The zero-order valence-corrected chi connectivity index (χ0v) is 16.9. The molecule has 0 atom stereocenters. The summed E-state index contributed by atoms with van der Waals surface area (Å²) >= 11 is 3.14. The van der Waals surface area contributed by atoms with Gasteiger partial charge in [-0.2, -0.15) is 0 Å². The van der Waals surface area contributed by atoms with Crippen LogP contribution in [0.1, 0.15) is 29.8 Å². The highest BCUT2D eigenvalue weighted by atomic mass is 79.9. The van der Waals surface area contributed by atoms with Crippen molar-refractivity contribution in [2.24, 2.45) is 0 Å². The van der Waals surface area contributed by atoms with Crippen LogP contribution in [-0.4, -0.2) is 84.8 Å². The molecule has 2 aliphatic heterocycles. The molecule has 0 aliphatic carbocycles. The summed E-state index contributed by atoms with van der Waals surface area (Å²) in [6.45, 7) is 4.56. The number of hydrogen-bond acceptors (Lipinski definition) is 5. The minimum absolute atomic E-state index is 0.0656. The molecule has 2 fully saturated rings. The molecule has 1 N–H and O–H groups in total. The molecule has 0 radical (unpaired) electrons. The van der Waals surface area contributed by atoms with Gasteiger partial charge in [0.2, 0.25) is 11.8 Å². The van der Waals surface area contributed by atoms with Crippen molar-refractivity contribution >= 4 is 33.7 Å². The van der Waals surface area contributed by atoms with Crippen LogP contribution in [0.5, 0.6) is 0 Å². The first-order chi connectivity index (χ1) is 13.0. The molecule has 0 bridgehead atoms. The molecule has 3 rings (SSSR count). The van der Waals surface area contributed by atoms with E-state index in [-0.39, 0.29) is 24.1 Å². The van der Waals surface area contributed by atoms with Gasteiger partial charge in [0.1, 0.15) is 0 Å². The third kappa shape index (κ3) is 5.55. The van der Waals surface area contributed by atoms with Gasteiger partial charge < -0.3 is 19.5 Å². The lowest BCUT2D eigenvalue weighted by atomic mass is 10.1. The molecule has 0 aromatic carbocycles. The Morgan fingerprint density at radius 1 is 0.926 bits per heavy atom. The second kappa shape index (κ2) is 9.36. The van der Waals surface area contributed by atoms with E-state index in [1.807, 2.05) is 4.90 Å². The number of amides is 3. The lowest BCUT2D eigenvalue weighted by Gasteiger charge is -2.36. The van der Waals surface area contributed by atoms with Crippen LogP contribution in [0.2, 0.25) is 0 Å². The van der Waals surface area contributed by atoms with Gasteiger partial charge in [0.15, 0.2) is 10.4 Å². The predicted octanol–water partition coefficient (Wildman–Crippen LogP) is 0.929. The van der Waals surface area contributed by atoms with Crippen molar-refractivity contribution in [1.29, 1.82) is 0 Å². The smallest absolute Gasteiger partial charge is 0.287 e. The summed E-state index contributed by atoms with van der Waals surface area (Å²) < 4.78 is 5.63. The molecule has 0 spiro atoms. The van der Waals surface area contributed by atoms with E-state index in [4.69, 9.17) is 4.42 Å². The van der Waals surface area contributed by atoms with E-state index in [9.17, 15) is 14.4 Å². The van der Waals surface area contributed by atoms with Gasteiger partial charge in [0.05, 0.1) is 13.1 Å². The summed E-state index contributed by atoms with van der Waals surface area (Å²) in [5, 5.41) is 2.58. The van der Waals surface area contributed by atoms with Crippen LogP contribution in [0.4, 0.5) is 0 Å². The Morgan fingerprint density at radius 3 is 2.22 bits per heavy atom. The van der Waals surface area contributed by atoms with E-state index in [1.165, 1.54) is 6.42 Å². The van der Waals surface area contributed by atoms with Gasteiger partial charge in [0.25, 0.3) is 5.91 Å². The molecule has 1 aromatic heterocycles. The number of likely N-dealkylation sites (tertiary alicyclic amines) is 1. The molecule has 2 aliphatic rings. The lowest BCUT2D eigenvalue weighted by Crippen LogP contribution is -2.53. The maximum atomic E-state index is 12.3. The standard InChI is InChI=1S/C18H25BrN4O4/c19-15-5-4-14(27-15)18(26)20-12-16(24)23-10-8-21(9-11-23)13-17(25)22-6-2-1-3-7-22/h4-5H,1-3,6-13H2,(H,20,26). The molecule has 9 heteroatoms. The molecular weight excluding hydrogens is 416 g/mol. The number of rotatable bonds is 5. The van der Waals surface area contributed by atoms with Crippen molar-refractivity contribution in [3.63, 3.8) is 0 Å². The molecule has 0 saturated carbocycles. The number of nitrogens with one attached hydrogen (secondary N) is 1. The first-order valence-electron chi connectivity index (χ1n) is 9.34. The maximum absolute atomic E-state index is 12.3. The molecule has 2 saturated heterocycles. The Bertz CT molecular complexity index is 679. The lowest BCUT2D eigenvalue weighted by molar-refractivity contribution is -0.135. The molecule has 3 amide bonds. The normalized spacial score (nSPS) is 18.4. The van der Waals surface area contributed by atoms with Gasteiger partial charge >= 0.3 is 0 Å². The fourth-order valence-corrected chi connectivity index (χ4v) is 3.69. The molecular formula is C18H25BrN4O4. The van der Waals surface area contributed by atoms with E-state index in [0.29, 0.717) is 37.4 Å². The first-order valence-corrected chi connectivity index (χ1v) is 10.1. The van der Waals surface area contributed by atoms with Crippen molar-refractivity contribution < 1.29 is 18.8 Å². The Morgan fingerprint density at radius 2 is 1.59 bits per heavy atom. The summed E-state index contributed by atoms with van der Waals surface area (Å²) in [6, 6.07) is 3.17. The van der Waals surface area contributed by atoms with Crippen molar-refractivity contribution in [3.8, 4) is 0 Å². The van der Waals surface area contributed by atoms with Gasteiger partial charge in [-0.3, -0.25) is 19.3 Å². The summed E-state index contributed by atoms with van der Waals surface area (Å²) in [7, 11) is 0. The van der Waals surface area contributed by atoms with Gasteiger partial charge in [-0.15, -0.1) is 0 Å². The zero-order chi connectivity index (χ0) is 19.2. The summed E-state index contributed by atoms with van der Waals surface area (Å²) in [5.74, 6) is -0.196. The summed E-state index contributed by atoms with van der Waals surface area (Å²) in [5.41, 5.74) is 0. The molecule has 1 aromatic rings. The highest BCUT2D eigenvalue weighted by Crippen LogP contribution is 2.14. The minimum atomic E-state index is -0.417. The molecule has 0 unspecified atom stereocenters. The Balaban J connectivity index is 1.37. The Labute approximate surface area is 167 Å². The monoisotopic (exact) mass is 440 g/mol. The van der Waals surface area contributed by atoms with E-state index in [1.54, 1.807) is 17.0 Å². The molecule has 3 heterocycles. The average Bonchev–Trinajstić information content (AvgIpc) is 3.13. The van der Waals surface area contributed by atoms with Crippen LogP contribution < -0.4 is 5.32 Å². The molecule has 148 valence electrons. The van der Waals surface area contributed by atoms with Crippen LogP contribution >= 0.6 is 15.9 Å². The topological polar surface area (TPSA) is 86.1 Å². The van der Waals surface area contributed by atoms with Crippen molar-refractivity contribution in [3.05, 3.63) is 22.6 Å². The molecule has 27 heavy (non-hydrogen) atoms. The van der Waals surface area contributed by atoms with Crippen molar-refractivity contribution in [2.75, 3.05) is 52.4 Å². The van der Waals surface area contributed by atoms with Gasteiger partial charge in [-0.1, -0.05) is 0 Å². The highest BCUT2D eigenvalue weighted by Gasteiger charge is 2.25. The largest absolute Gasteiger partial charge is 0.444 e. The summed E-state index contributed by atoms with van der Waals surface area (Å²) in [6.07, 6.45) is 3.39. The summed E-state index contributed by atoms with van der Waals surface area (Å²) in [4.78, 5) is 42.3. The van der Waals surface area contributed by atoms with E-state index < -0.39 is 5.91 Å². The number of halogens is 1. The van der Waals surface area contributed by atoms with Crippen LogP contribution in [-0.2, 0) is 9.59 Å². The van der Waals surface area contributed by atoms with Gasteiger partial charge in [-0.25, -0.2) is 0 Å². The molecule has 8 nitrogen and oxygen atoms in total. The number of carbonyl (C=O) groups is 3. The second-order valence-corrected chi connectivity index (χ2v) is 7.67. The van der Waals surface area contributed by atoms with Gasteiger partial charge in [0, 0.05) is 39.3 Å². The first kappa shape index (κ1) is 19.9. The van der Waals surface area contributed by atoms with E-state index in [2.05, 4.69) is 26.1 Å². The number of nitrogens with zero attached hydrogens (tertiary/aromatic N) is 3. The second-order valence-electron chi connectivity index (χ2n) is 6.88. The van der Waals surface area contributed by atoms with Crippen molar-refractivity contribution in [2.45, 2.75) is 19.3 Å². The predicted molar refractivity (Wildman–Crippen MR) is 102 cm³/mol. The maximum Gasteiger partial charge on any atom is 0.287 e. The minimum Gasteiger partial charge on any atom is -0.444 e. The fraction of sp³-hybridized carbons (Fsp3) is 0.611.